The minimum Gasteiger partial charge on any atom is -0.480 e. The first-order valence-corrected chi connectivity index (χ1v) is 7.14. The molecule has 17 heavy (non-hydrogen) atoms. The fraction of sp³-hybridized carbons (Fsp3) is 0.900. The molecule has 0 bridgehead atoms. The van der Waals surface area contributed by atoms with Gasteiger partial charge in [-0.05, 0) is 33.4 Å². The fourth-order valence-corrected chi connectivity index (χ4v) is 3.08. The maximum atomic E-state index is 11.7. The van der Waals surface area contributed by atoms with E-state index in [9.17, 15) is 13.2 Å². The summed E-state index contributed by atoms with van der Waals surface area (Å²) < 4.78 is 24.6. The van der Waals surface area contributed by atoms with Crippen LogP contribution >= 0.6 is 0 Å². The summed E-state index contributed by atoms with van der Waals surface area (Å²) in [6.07, 6.45) is 2.99. The summed E-state index contributed by atoms with van der Waals surface area (Å²) in [5.41, 5.74) is -0.125. The van der Waals surface area contributed by atoms with E-state index >= 15 is 0 Å². The number of hydrogen-bond donors (Lipinski definition) is 1. The van der Waals surface area contributed by atoms with Gasteiger partial charge >= 0.3 is 5.97 Å². The van der Waals surface area contributed by atoms with Gasteiger partial charge < -0.3 is 10.0 Å². The van der Waals surface area contributed by atoms with Crippen LogP contribution in [0.4, 0.5) is 0 Å². The van der Waals surface area contributed by atoms with Crippen LogP contribution in [0.3, 0.4) is 0 Å². The van der Waals surface area contributed by atoms with Crippen molar-refractivity contribution >= 4 is 16.0 Å². The smallest absolute Gasteiger partial charge is 0.320 e. The van der Waals surface area contributed by atoms with Crippen molar-refractivity contribution in [3.63, 3.8) is 0 Å². The van der Waals surface area contributed by atoms with Gasteiger partial charge in [0.25, 0.3) is 0 Å². The molecule has 0 unspecified atom stereocenters. The van der Waals surface area contributed by atoms with Gasteiger partial charge in [-0.15, -0.1) is 0 Å². The van der Waals surface area contributed by atoms with Crippen LogP contribution in [0, 0.1) is 0 Å². The Labute approximate surface area is 102 Å². The zero-order chi connectivity index (χ0) is 13.3. The van der Waals surface area contributed by atoms with Gasteiger partial charge in [-0.25, -0.2) is 12.7 Å². The molecule has 1 saturated carbocycles. The first-order chi connectivity index (χ1) is 7.69. The second-order valence-corrected chi connectivity index (χ2v) is 6.95. The Bertz CT molecular complexity index is 387. The number of carboxylic acids is 1. The zero-order valence-corrected chi connectivity index (χ0v) is 11.3. The van der Waals surface area contributed by atoms with E-state index in [-0.39, 0.29) is 5.54 Å². The summed E-state index contributed by atoms with van der Waals surface area (Å²) in [6, 6.07) is 0. The third-order valence-corrected chi connectivity index (χ3v) is 5.22. The van der Waals surface area contributed by atoms with Crippen molar-refractivity contribution in [3.8, 4) is 0 Å². The summed E-state index contributed by atoms with van der Waals surface area (Å²) in [6.45, 7) is 0.357. The summed E-state index contributed by atoms with van der Waals surface area (Å²) in [5, 5.41) is 8.56. The summed E-state index contributed by atoms with van der Waals surface area (Å²) in [5.74, 6) is -2.16. The SMILES string of the molecule is CN(C)C1(CN(C)S(=O)(=O)CC(=O)O)CCC1. The molecule has 1 aliphatic carbocycles. The Balaban J connectivity index is 2.71. The maximum Gasteiger partial charge on any atom is 0.320 e. The first-order valence-electron chi connectivity index (χ1n) is 5.53. The van der Waals surface area contributed by atoms with Crippen molar-refractivity contribution in [2.24, 2.45) is 0 Å². The quantitative estimate of drug-likeness (QED) is 0.720. The summed E-state index contributed by atoms with van der Waals surface area (Å²) >= 11 is 0. The molecule has 0 amide bonds. The number of sulfonamides is 1. The molecule has 0 aliphatic heterocycles. The minimum absolute atomic E-state index is 0.125. The lowest BCUT2D eigenvalue weighted by molar-refractivity contribution is -0.134. The van der Waals surface area contributed by atoms with E-state index in [1.807, 2.05) is 19.0 Å². The van der Waals surface area contributed by atoms with Crippen molar-refractivity contribution in [3.05, 3.63) is 0 Å². The zero-order valence-electron chi connectivity index (χ0n) is 10.5. The van der Waals surface area contributed by atoms with Gasteiger partial charge in [0.05, 0.1) is 0 Å². The van der Waals surface area contributed by atoms with Crippen LogP contribution in [-0.2, 0) is 14.8 Å². The van der Waals surface area contributed by atoms with Crippen molar-refractivity contribution in [1.82, 2.24) is 9.21 Å². The molecule has 7 heteroatoms. The third kappa shape index (κ3) is 3.17. The van der Waals surface area contributed by atoms with Crippen LogP contribution in [0.1, 0.15) is 19.3 Å². The number of likely N-dealkylation sites (N-methyl/N-ethyl adjacent to an activating group) is 2. The lowest BCUT2D eigenvalue weighted by Crippen LogP contribution is -2.57. The van der Waals surface area contributed by atoms with E-state index < -0.39 is 21.7 Å². The van der Waals surface area contributed by atoms with Crippen LogP contribution in [0.25, 0.3) is 0 Å². The van der Waals surface area contributed by atoms with Gasteiger partial charge in [0.15, 0.2) is 5.75 Å². The maximum absolute atomic E-state index is 11.7. The molecule has 1 fully saturated rings. The van der Waals surface area contributed by atoms with Gasteiger partial charge in [0.2, 0.25) is 10.0 Å². The Hall–Kier alpha value is -0.660. The molecule has 0 atom stereocenters. The van der Waals surface area contributed by atoms with Crippen LogP contribution in [0.2, 0.25) is 0 Å². The molecular weight excluding hydrogens is 244 g/mol. The number of carboxylic acid groups (broad SMARTS) is 1. The highest BCUT2D eigenvalue weighted by Gasteiger charge is 2.42. The molecule has 0 aromatic heterocycles. The number of nitrogens with zero attached hydrogens (tertiary/aromatic N) is 2. The highest BCUT2D eigenvalue weighted by molar-refractivity contribution is 7.89. The van der Waals surface area contributed by atoms with E-state index in [0.29, 0.717) is 6.54 Å². The first kappa shape index (κ1) is 14.4. The van der Waals surface area contributed by atoms with Crippen LogP contribution in [0.15, 0.2) is 0 Å². The molecule has 0 radical (unpaired) electrons. The van der Waals surface area contributed by atoms with Crippen LogP contribution in [0.5, 0.6) is 0 Å². The van der Waals surface area contributed by atoms with Crippen molar-refractivity contribution in [2.45, 2.75) is 24.8 Å². The molecule has 6 nitrogen and oxygen atoms in total. The minimum atomic E-state index is -3.70. The molecule has 1 rings (SSSR count). The summed E-state index contributed by atoms with van der Waals surface area (Å²) in [4.78, 5) is 12.5. The lowest BCUT2D eigenvalue weighted by atomic mass is 9.75. The average molecular weight is 264 g/mol. The molecule has 1 N–H and O–H groups in total. The Kier molecular flexibility index (Phi) is 4.16. The van der Waals surface area contributed by atoms with Gasteiger partial charge in [-0.2, -0.15) is 0 Å². The van der Waals surface area contributed by atoms with Crippen LogP contribution < -0.4 is 0 Å². The molecule has 0 aromatic rings. The van der Waals surface area contributed by atoms with Gasteiger partial charge in [-0.1, -0.05) is 0 Å². The molecule has 0 heterocycles. The molecule has 0 spiro atoms. The molecule has 1 aliphatic rings. The Morgan fingerprint density at radius 2 is 1.82 bits per heavy atom. The highest BCUT2D eigenvalue weighted by atomic mass is 32.2. The number of hydrogen-bond acceptors (Lipinski definition) is 4. The lowest BCUT2D eigenvalue weighted by Gasteiger charge is -2.48. The normalized spacial score (nSPS) is 19.4. The molecule has 0 aromatic carbocycles. The van der Waals surface area contributed by atoms with Gasteiger partial charge in [-0.3, -0.25) is 4.79 Å². The molecule has 0 saturated heterocycles. The number of rotatable bonds is 6. The largest absolute Gasteiger partial charge is 0.480 e. The van der Waals surface area contributed by atoms with Gasteiger partial charge in [0.1, 0.15) is 0 Å². The summed E-state index contributed by atoms with van der Waals surface area (Å²) in [7, 11) is 1.61. The third-order valence-electron chi connectivity index (χ3n) is 3.53. The Morgan fingerprint density at radius 1 is 1.29 bits per heavy atom. The van der Waals surface area contributed by atoms with Crippen molar-refractivity contribution < 1.29 is 18.3 Å². The second-order valence-electron chi connectivity index (χ2n) is 4.88. The van der Waals surface area contributed by atoms with Crippen molar-refractivity contribution in [2.75, 3.05) is 33.4 Å². The highest BCUT2D eigenvalue weighted by Crippen LogP contribution is 2.37. The second kappa shape index (κ2) is 4.91. The number of aliphatic carboxylic acids is 1. The Morgan fingerprint density at radius 3 is 2.12 bits per heavy atom. The van der Waals surface area contributed by atoms with E-state index in [0.717, 1.165) is 19.3 Å². The van der Waals surface area contributed by atoms with E-state index in [1.54, 1.807) is 0 Å². The molecule has 100 valence electrons. The average Bonchev–Trinajstić information content (AvgIpc) is 2.07. The van der Waals surface area contributed by atoms with E-state index in [4.69, 9.17) is 5.11 Å². The monoisotopic (exact) mass is 264 g/mol. The topological polar surface area (TPSA) is 77.9 Å². The van der Waals surface area contributed by atoms with Gasteiger partial charge in [0, 0.05) is 19.1 Å². The molecular formula is C10H20N2O4S. The standard InChI is InChI=1S/C10H20N2O4S/c1-11(2)10(5-4-6-10)8-12(3)17(15,16)7-9(13)14/h4-8H2,1-3H3,(H,13,14). The predicted octanol–water partition coefficient (Wildman–Crippen LogP) is -0.183. The predicted molar refractivity (Wildman–Crippen MR) is 64.3 cm³/mol. The fourth-order valence-electron chi connectivity index (χ4n) is 2.11. The van der Waals surface area contributed by atoms with Crippen LogP contribution in [-0.4, -0.2) is 67.7 Å². The van der Waals surface area contributed by atoms with Crippen molar-refractivity contribution in [1.29, 1.82) is 0 Å². The van der Waals surface area contributed by atoms with E-state index in [1.165, 1.54) is 11.4 Å². The number of carbonyl (C=O) groups is 1. The van der Waals surface area contributed by atoms with E-state index in [2.05, 4.69) is 0 Å².